The van der Waals surface area contributed by atoms with Crippen molar-refractivity contribution in [3.8, 4) is 0 Å². The molecule has 1 amide bonds. The van der Waals surface area contributed by atoms with Crippen LogP contribution in [0, 0.1) is 13.8 Å². The molecule has 1 aliphatic heterocycles. The van der Waals surface area contributed by atoms with E-state index in [9.17, 15) is 9.59 Å². The number of aryl methyl sites for hydroxylation is 2. The molecule has 1 aromatic carbocycles. The first-order valence-electron chi connectivity index (χ1n) is 11.8. The van der Waals surface area contributed by atoms with Crippen molar-refractivity contribution in [1.29, 1.82) is 0 Å². The Morgan fingerprint density at radius 1 is 1.18 bits per heavy atom. The van der Waals surface area contributed by atoms with Crippen molar-refractivity contribution in [3.63, 3.8) is 0 Å². The zero-order valence-electron chi connectivity index (χ0n) is 20.9. The highest BCUT2D eigenvalue weighted by Crippen LogP contribution is 2.22. The number of allylic oxidation sites excluding steroid dienone is 3. The molecule has 0 N–H and O–H groups in total. The smallest absolute Gasteiger partial charge is 0.338 e. The maximum absolute atomic E-state index is 13.1. The second-order valence-corrected chi connectivity index (χ2v) is 8.67. The molecular formula is C27H38N2O4. The molecule has 1 heterocycles. The van der Waals surface area contributed by atoms with Crippen molar-refractivity contribution in [1.82, 2.24) is 4.90 Å². The van der Waals surface area contributed by atoms with Crippen LogP contribution in [0.15, 0.2) is 41.1 Å². The molecule has 0 radical (unpaired) electrons. The first kappa shape index (κ1) is 26.4. The lowest BCUT2D eigenvalue weighted by molar-refractivity contribution is -0.135. The van der Waals surface area contributed by atoms with Gasteiger partial charge >= 0.3 is 5.97 Å². The molecule has 0 aliphatic carbocycles. The predicted octanol–water partition coefficient (Wildman–Crippen LogP) is 5.32. The lowest BCUT2D eigenvalue weighted by Gasteiger charge is -2.18. The Hall–Kier alpha value is -2.89. The van der Waals surface area contributed by atoms with Crippen LogP contribution in [-0.2, 0) is 20.8 Å². The summed E-state index contributed by atoms with van der Waals surface area (Å²) in [5, 5.41) is 4.32. The van der Waals surface area contributed by atoms with Gasteiger partial charge in [0.25, 0.3) is 5.91 Å². The fourth-order valence-corrected chi connectivity index (χ4v) is 3.99. The largest absolute Gasteiger partial charge is 0.459 e. The summed E-state index contributed by atoms with van der Waals surface area (Å²) >= 11 is 0. The zero-order valence-corrected chi connectivity index (χ0v) is 20.9. The van der Waals surface area contributed by atoms with Crippen molar-refractivity contribution in [2.24, 2.45) is 5.16 Å². The molecule has 0 unspecified atom stereocenters. The monoisotopic (exact) mass is 454 g/mol. The molecule has 0 spiro atoms. The highest BCUT2D eigenvalue weighted by atomic mass is 16.6. The van der Waals surface area contributed by atoms with E-state index in [-0.39, 0.29) is 24.6 Å². The standard InChI is InChI=1S/C27H38N2O4/c1-7-29(8-2)25(30)18-32-28-24-16-19(3)12-10-9-11-13-22(6)33-27(31)26-21(5)14-20(4)15-23(26)17-24/h9,11,14-16,22H,7-8,10,12-13,17-18H2,1-6H3/b11-9+,19-16?,28-24-/t22-/m1/s1. The molecule has 1 aliphatic rings. The number of hydrogen-bond donors (Lipinski definition) is 0. The molecule has 2 rings (SSSR count). The van der Waals surface area contributed by atoms with Crippen LogP contribution in [0.1, 0.15) is 74.0 Å². The summed E-state index contributed by atoms with van der Waals surface area (Å²) in [6, 6.07) is 3.99. The van der Waals surface area contributed by atoms with E-state index < -0.39 is 0 Å². The quantitative estimate of drug-likeness (QED) is 0.343. The Morgan fingerprint density at radius 2 is 1.91 bits per heavy atom. The lowest BCUT2D eigenvalue weighted by atomic mass is 9.94. The summed E-state index contributed by atoms with van der Waals surface area (Å²) in [5.74, 6) is -0.418. The van der Waals surface area contributed by atoms with Gasteiger partial charge in [0, 0.05) is 25.9 Å². The molecule has 6 nitrogen and oxygen atoms in total. The molecule has 180 valence electrons. The van der Waals surface area contributed by atoms with E-state index in [0.717, 1.165) is 35.1 Å². The van der Waals surface area contributed by atoms with E-state index in [4.69, 9.17) is 9.57 Å². The maximum Gasteiger partial charge on any atom is 0.338 e. The Kier molecular flexibility index (Phi) is 10.4. The topological polar surface area (TPSA) is 68.2 Å². The van der Waals surface area contributed by atoms with Crippen LogP contribution in [0.4, 0.5) is 0 Å². The van der Waals surface area contributed by atoms with E-state index in [0.29, 0.717) is 37.2 Å². The van der Waals surface area contributed by atoms with E-state index in [1.54, 1.807) is 4.90 Å². The second kappa shape index (κ2) is 13.0. The number of fused-ring (bicyclic) bond motifs is 1. The maximum atomic E-state index is 13.1. The van der Waals surface area contributed by atoms with E-state index in [1.807, 2.05) is 52.8 Å². The fourth-order valence-electron chi connectivity index (χ4n) is 3.99. The Morgan fingerprint density at radius 3 is 2.61 bits per heavy atom. The summed E-state index contributed by atoms with van der Waals surface area (Å²) < 4.78 is 5.74. The van der Waals surface area contributed by atoms with Crippen LogP contribution in [0.2, 0.25) is 0 Å². The van der Waals surface area contributed by atoms with Gasteiger partial charge in [-0.2, -0.15) is 0 Å². The van der Waals surface area contributed by atoms with Crippen LogP contribution < -0.4 is 0 Å². The third-order valence-electron chi connectivity index (χ3n) is 5.68. The zero-order chi connectivity index (χ0) is 24.4. The molecule has 33 heavy (non-hydrogen) atoms. The average Bonchev–Trinajstić information content (AvgIpc) is 2.73. The number of carbonyl (C=O) groups is 2. The van der Waals surface area contributed by atoms with Crippen molar-refractivity contribution in [2.45, 2.75) is 73.3 Å². The molecule has 0 aromatic heterocycles. The summed E-state index contributed by atoms with van der Waals surface area (Å²) in [6.07, 6.45) is 8.86. The Labute approximate surface area is 198 Å². The van der Waals surface area contributed by atoms with E-state index in [1.165, 1.54) is 0 Å². The van der Waals surface area contributed by atoms with Gasteiger partial charge in [-0.3, -0.25) is 4.79 Å². The lowest BCUT2D eigenvalue weighted by Crippen LogP contribution is -2.33. The molecule has 0 saturated carbocycles. The summed E-state index contributed by atoms with van der Waals surface area (Å²) in [7, 11) is 0. The number of carbonyl (C=O) groups excluding carboxylic acids is 2. The van der Waals surface area contributed by atoms with Crippen LogP contribution in [0.5, 0.6) is 0 Å². The number of hydrogen-bond acceptors (Lipinski definition) is 5. The first-order chi connectivity index (χ1) is 15.7. The second-order valence-electron chi connectivity index (χ2n) is 8.67. The minimum atomic E-state index is -0.321. The van der Waals surface area contributed by atoms with Crippen molar-refractivity contribution < 1.29 is 19.2 Å². The summed E-state index contributed by atoms with van der Waals surface area (Å²) in [6.45, 7) is 12.9. The normalized spacial score (nSPS) is 19.7. The summed E-state index contributed by atoms with van der Waals surface area (Å²) in [5.41, 5.74) is 5.20. The van der Waals surface area contributed by atoms with Gasteiger partial charge in [-0.05, 0) is 71.6 Å². The van der Waals surface area contributed by atoms with Gasteiger partial charge < -0.3 is 14.5 Å². The van der Waals surface area contributed by atoms with E-state index >= 15 is 0 Å². The van der Waals surface area contributed by atoms with Gasteiger partial charge in [-0.25, -0.2) is 4.79 Å². The Balaban J connectivity index is 2.41. The predicted molar refractivity (Wildman–Crippen MR) is 133 cm³/mol. The first-order valence-corrected chi connectivity index (χ1v) is 11.8. The molecular weight excluding hydrogens is 416 g/mol. The van der Waals surface area contributed by atoms with Crippen LogP contribution in [0.3, 0.4) is 0 Å². The van der Waals surface area contributed by atoms with Crippen molar-refractivity contribution in [2.75, 3.05) is 19.7 Å². The number of rotatable bonds is 5. The van der Waals surface area contributed by atoms with E-state index in [2.05, 4.69) is 24.2 Å². The number of likely N-dealkylation sites (N-methyl/N-ethyl adjacent to an activating group) is 1. The van der Waals surface area contributed by atoms with Crippen LogP contribution >= 0.6 is 0 Å². The van der Waals surface area contributed by atoms with Gasteiger partial charge in [-0.15, -0.1) is 0 Å². The van der Waals surface area contributed by atoms with Crippen molar-refractivity contribution in [3.05, 3.63) is 58.2 Å². The van der Waals surface area contributed by atoms with Crippen molar-refractivity contribution >= 4 is 17.6 Å². The number of esters is 1. The van der Waals surface area contributed by atoms with Crippen LogP contribution in [-0.4, -0.2) is 48.3 Å². The number of ether oxygens (including phenoxy) is 1. The van der Waals surface area contributed by atoms with Gasteiger partial charge in [0.05, 0.1) is 11.3 Å². The number of oxime groups is 1. The number of amides is 1. The van der Waals surface area contributed by atoms with Gasteiger partial charge in [0.2, 0.25) is 0 Å². The number of benzene rings is 1. The minimum absolute atomic E-state index is 0.0965. The fraction of sp³-hybridized carbons (Fsp3) is 0.519. The molecule has 1 atom stereocenters. The highest BCUT2D eigenvalue weighted by molar-refractivity contribution is 6.00. The molecule has 1 aromatic rings. The molecule has 6 heteroatoms. The number of nitrogens with zero attached hydrogens (tertiary/aromatic N) is 2. The molecule has 0 bridgehead atoms. The van der Waals surface area contributed by atoms with Gasteiger partial charge in [-0.1, -0.05) is 40.6 Å². The summed E-state index contributed by atoms with van der Waals surface area (Å²) in [4.78, 5) is 32.5. The van der Waals surface area contributed by atoms with Gasteiger partial charge in [0.15, 0.2) is 6.61 Å². The highest BCUT2D eigenvalue weighted by Gasteiger charge is 2.20. The Bertz CT molecular complexity index is 926. The minimum Gasteiger partial charge on any atom is -0.459 e. The SMILES string of the molecule is CCN(CC)C(=O)CO/N=C1/C=C(C)CC/C=C/C[C@@H](C)OC(=O)c2c(C)cc(C)cc2C1. The third kappa shape index (κ3) is 8.19. The third-order valence-corrected chi connectivity index (χ3v) is 5.68. The van der Waals surface area contributed by atoms with Gasteiger partial charge in [0.1, 0.15) is 6.10 Å². The molecule has 0 fully saturated rings. The van der Waals surface area contributed by atoms with Crippen LogP contribution in [0.25, 0.3) is 0 Å². The number of cyclic esters (lactones) is 1. The average molecular weight is 455 g/mol. The molecule has 0 saturated heterocycles.